The Morgan fingerprint density at radius 3 is 2.35 bits per heavy atom. The second-order valence-electron chi connectivity index (χ2n) is 5.06. The highest BCUT2D eigenvalue weighted by Crippen LogP contribution is 2.24. The number of nitrogens with one attached hydrogen (secondary N) is 2. The molecule has 0 saturated carbocycles. The number of nitrogens with zero attached hydrogens (tertiary/aromatic N) is 1. The van der Waals surface area contributed by atoms with E-state index in [9.17, 15) is 4.79 Å². The largest absolute Gasteiger partial charge is 0.378 e. The highest BCUT2D eigenvalue weighted by molar-refractivity contribution is 6.42. The molecule has 0 spiro atoms. The highest BCUT2D eigenvalue weighted by Gasteiger charge is 2.00. The van der Waals surface area contributed by atoms with Gasteiger partial charge in [-0.15, -0.1) is 0 Å². The van der Waals surface area contributed by atoms with Gasteiger partial charge in [0.25, 0.3) is 5.91 Å². The van der Waals surface area contributed by atoms with Gasteiger partial charge in [-0.3, -0.25) is 15.6 Å². The van der Waals surface area contributed by atoms with Crippen molar-refractivity contribution in [2.75, 3.05) is 24.4 Å². The molecule has 23 heavy (non-hydrogen) atoms. The number of amides is 1. The van der Waals surface area contributed by atoms with E-state index in [0.717, 1.165) is 11.3 Å². The second kappa shape index (κ2) is 7.90. The van der Waals surface area contributed by atoms with E-state index in [2.05, 4.69) is 10.9 Å². The van der Waals surface area contributed by atoms with Gasteiger partial charge in [-0.05, 0) is 42.0 Å². The number of rotatable bonds is 5. The molecule has 0 bridgehead atoms. The molecule has 2 aromatic rings. The normalized spacial score (nSPS) is 10.6. The van der Waals surface area contributed by atoms with Gasteiger partial charge in [-0.1, -0.05) is 35.3 Å². The van der Waals surface area contributed by atoms with Crippen molar-refractivity contribution in [1.82, 2.24) is 5.43 Å². The van der Waals surface area contributed by atoms with Crippen molar-refractivity contribution in [1.29, 1.82) is 0 Å². The SMILES string of the molecule is CN(C)c1ccc(C=CC(=O)NNc2ccc(Cl)c(Cl)c2)cc1. The molecule has 2 aromatic carbocycles. The molecular weight excluding hydrogens is 333 g/mol. The topological polar surface area (TPSA) is 44.4 Å². The third kappa shape index (κ3) is 5.20. The summed E-state index contributed by atoms with van der Waals surface area (Å²) in [5, 5.41) is 0.882. The molecule has 6 heteroatoms. The van der Waals surface area contributed by atoms with Crippen LogP contribution in [0.2, 0.25) is 10.0 Å². The van der Waals surface area contributed by atoms with Gasteiger partial charge in [0.1, 0.15) is 0 Å². The van der Waals surface area contributed by atoms with Gasteiger partial charge in [0.05, 0.1) is 15.7 Å². The Morgan fingerprint density at radius 1 is 1.04 bits per heavy atom. The molecule has 0 aliphatic carbocycles. The Hall–Kier alpha value is -2.17. The molecule has 4 nitrogen and oxygen atoms in total. The van der Waals surface area contributed by atoms with Gasteiger partial charge in [0.15, 0.2) is 0 Å². The third-order valence-corrected chi connectivity index (χ3v) is 3.83. The lowest BCUT2D eigenvalue weighted by atomic mass is 10.2. The summed E-state index contributed by atoms with van der Waals surface area (Å²) in [7, 11) is 3.96. The van der Waals surface area contributed by atoms with E-state index < -0.39 is 0 Å². The van der Waals surface area contributed by atoms with Crippen molar-refractivity contribution in [3.63, 3.8) is 0 Å². The molecule has 120 valence electrons. The van der Waals surface area contributed by atoms with Crippen LogP contribution >= 0.6 is 23.2 Å². The van der Waals surface area contributed by atoms with Crippen molar-refractivity contribution in [3.05, 3.63) is 64.1 Å². The van der Waals surface area contributed by atoms with Crippen LogP contribution in [0.4, 0.5) is 11.4 Å². The fourth-order valence-electron chi connectivity index (χ4n) is 1.80. The number of hydrogen-bond donors (Lipinski definition) is 2. The number of benzene rings is 2. The van der Waals surface area contributed by atoms with Gasteiger partial charge in [0, 0.05) is 25.9 Å². The molecule has 0 radical (unpaired) electrons. The summed E-state index contributed by atoms with van der Waals surface area (Å²) >= 11 is 11.7. The van der Waals surface area contributed by atoms with Crippen LogP contribution in [0.15, 0.2) is 48.5 Å². The lowest BCUT2D eigenvalue weighted by Crippen LogP contribution is -2.27. The Bertz CT molecular complexity index is 712. The average Bonchev–Trinajstić information content (AvgIpc) is 2.54. The van der Waals surface area contributed by atoms with E-state index in [1.54, 1.807) is 24.3 Å². The van der Waals surface area contributed by atoms with Crippen LogP contribution in [0.3, 0.4) is 0 Å². The standard InChI is InChI=1S/C17H17Cl2N3O/c1-22(2)14-7-3-12(4-8-14)5-10-17(23)21-20-13-6-9-15(18)16(19)11-13/h3-11,20H,1-2H3,(H,21,23). The molecule has 0 aromatic heterocycles. The zero-order valence-corrected chi connectivity index (χ0v) is 14.3. The van der Waals surface area contributed by atoms with Crippen molar-refractivity contribution in [3.8, 4) is 0 Å². The average molecular weight is 350 g/mol. The summed E-state index contributed by atoms with van der Waals surface area (Å²) in [5.74, 6) is -0.271. The summed E-state index contributed by atoms with van der Waals surface area (Å²) < 4.78 is 0. The van der Waals surface area contributed by atoms with Crippen LogP contribution < -0.4 is 15.8 Å². The number of carbonyl (C=O) groups is 1. The molecule has 0 aliphatic heterocycles. The minimum Gasteiger partial charge on any atom is -0.378 e. The molecule has 0 unspecified atom stereocenters. The summed E-state index contributed by atoms with van der Waals surface area (Å²) in [5.41, 5.74) is 8.03. The molecule has 0 heterocycles. The maximum Gasteiger partial charge on any atom is 0.262 e. The minimum atomic E-state index is -0.271. The number of hydrogen-bond acceptors (Lipinski definition) is 3. The van der Waals surface area contributed by atoms with Crippen LogP contribution in [0.1, 0.15) is 5.56 Å². The molecule has 0 atom stereocenters. The first-order chi connectivity index (χ1) is 11.0. The Balaban J connectivity index is 1.89. The molecule has 2 N–H and O–H groups in total. The second-order valence-corrected chi connectivity index (χ2v) is 5.88. The van der Waals surface area contributed by atoms with Crippen LogP contribution in [-0.2, 0) is 4.79 Å². The number of halogens is 2. The molecule has 0 aliphatic rings. The maximum absolute atomic E-state index is 11.8. The van der Waals surface area contributed by atoms with Gasteiger partial charge >= 0.3 is 0 Å². The van der Waals surface area contributed by atoms with E-state index in [-0.39, 0.29) is 5.91 Å². The van der Waals surface area contributed by atoms with Crippen molar-refractivity contribution < 1.29 is 4.79 Å². The molecule has 0 fully saturated rings. The summed E-state index contributed by atoms with van der Waals surface area (Å²) in [6, 6.07) is 12.9. The highest BCUT2D eigenvalue weighted by atomic mass is 35.5. The summed E-state index contributed by atoms with van der Waals surface area (Å²) in [4.78, 5) is 13.8. The van der Waals surface area contributed by atoms with Crippen LogP contribution in [0.5, 0.6) is 0 Å². The fourth-order valence-corrected chi connectivity index (χ4v) is 2.10. The van der Waals surface area contributed by atoms with Crippen molar-refractivity contribution in [2.24, 2.45) is 0 Å². The van der Waals surface area contributed by atoms with E-state index in [1.165, 1.54) is 6.08 Å². The first-order valence-electron chi connectivity index (χ1n) is 6.92. The van der Waals surface area contributed by atoms with Crippen molar-refractivity contribution >= 4 is 46.6 Å². The quantitative estimate of drug-likeness (QED) is 0.627. The number of anilines is 2. The number of carbonyl (C=O) groups excluding carboxylic acids is 1. The monoisotopic (exact) mass is 349 g/mol. The molecular formula is C17H17Cl2N3O. The predicted octanol–water partition coefficient (Wildman–Crippen LogP) is 4.22. The van der Waals surface area contributed by atoms with Gasteiger partial charge in [-0.25, -0.2) is 0 Å². The minimum absolute atomic E-state index is 0.271. The van der Waals surface area contributed by atoms with E-state index in [0.29, 0.717) is 15.7 Å². The Labute approximate surface area is 145 Å². The summed E-state index contributed by atoms with van der Waals surface area (Å²) in [6.07, 6.45) is 3.19. The molecule has 2 rings (SSSR count). The van der Waals surface area contributed by atoms with E-state index >= 15 is 0 Å². The molecule has 0 saturated heterocycles. The van der Waals surface area contributed by atoms with E-state index in [1.807, 2.05) is 43.3 Å². The summed E-state index contributed by atoms with van der Waals surface area (Å²) in [6.45, 7) is 0. The zero-order valence-electron chi connectivity index (χ0n) is 12.8. The predicted molar refractivity (Wildman–Crippen MR) is 98.0 cm³/mol. The van der Waals surface area contributed by atoms with Crippen LogP contribution in [-0.4, -0.2) is 20.0 Å². The lowest BCUT2D eigenvalue weighted by molar-refractivity contribution is -0.115. The van der Waals surface area contributed by atoms with E-state index in [4.69, 9.17) is 23.2 Å². The van der Waals surface area contributed by atoms with Gasteiger partial charge in [-0.2, -0.15) is 0 Å². The fraction of sp³-hybridized carbons (Fsp3) is 0.118. The van der Waals surface area contributed by atoms with Crippen LogP contribution in [0.25, 0.3) is 6.08 Å². The van der Waals surface area contributed by atoms with Gasteiger partial charge < -0.3 is 4.90 Å². The van der Waals surface area contributed by atoms with Crippen LogP contribution in [0, 0.1) is 0 Å². The number of hydrazine groups is 1. The lowest BCUT2D eigenvalue weighted by Gasteiger charge is -2.11. The maximum atomic E-state index is 11.8. The third-order valence-electron chi connectivity index (χ3n) is 3.09. The van der Waals surface area contributed by atoms with Crippen molar-refractivity contribution in [2.45, 2.75) is 0 Å². The smallest absolute Gasteiger partial charge is 0.262 e. The molecule has 1 amide bonds. The van der Waals surface area contributed by atoms with Gasteiger partial charge in [0.2, 0.25) is 0 Å². The Kier molecular flexibility index (Phi) is 5.90. The zero-order chi connectivity index (χ0) is 16.8. The first-order valence-corrected chi connectivity index (χ1v) is 7.68. The first kappa shape index (κ1) is 17.2. The Morgan fingerprint density at radius 2 is 1.74 bits per heavy atom.